The number of ether oxygens (including phenoxy) is 1. The maximum atomic E-state index is 11.8. The maximum absolute atomic E-state index is 11.8. The molecule has 0 radical (unpaired) electrons. The van der Waals surface area contributed by atoms with E-state index in [9.17, 15) is 9.59 Å². The molecule has 2 aliphatic rings. The molecule has 14 heavy (non-hydrogen) atoms. The predicted molar refractivity (Wildman–Crippen MR) is 49.5 cm³/mol. The van der Waals surface area contributed by atoms with Crippen LogP contribution < -0.4 is 0 Å². The van der Waals surface area contributed by atoms with Crippen molar-refractivity contribution >= 4 is 11.9 Å². The molecule has 1 amide bonds. The molecule has 0 saturated carbocycles. The summed E-state index contributed by atoms with van der Waals surface area (Å²) in [5, 5.41) is 0. The molecule has 0 bridgehead atoms. The Hall–Kier alpha value is -1.06. The average molecular weight is 197 g/mol. The molecule has 0 aliphatic carbocycles. The smallest absolute Gasteiger partial charge is 0.306 e. The highest BCUT2D eigenvalue weighted by molar-refractivity contribution is 5.86. The number of rotatable bonds is 1. The highest BCUT2D eigenvalue weighted by Gasteiger charge is 2.33. The third-order valence-electron chi connectivity index (χ3n) is 2.83. The molecule has 2 heterocycles. The summed E-state index contributed by atoms with van der Waals surface area (Å²) in [6.45, 7) is 1.65. The van der Waals surface area contributed by atoms with Gasteiger partial charge >= 0.3 is 5.97 Å². The Morgan fingerprint density at radius 1 is 1.29 bits per heavy atom. The summed E-state index contributed by atoms with van der Waals surface area (Å²) < 4.78 is 4.95. The van der Waals surface area contributed by atoms with Crippen LogP contribution in [0.3, 0.4) is 0 Å². The number of piperidine rings is 1. The Bertz CT molecular complexity index is 246. The summed E-state index contributed by atoms with van der Waals surface area (Å²) in [6.07, 6.45) is 3.83. The van der Waals surface area contributed by atoms with Crippen LogP contribution in [0.1, 0.15) is 32.1 Å². The number of amides is 1. The summed E-state index contributed by atoms with van der Waals surface area (Å²) >= 11 is 0. The molecule has 1 atom stereocenters. The van der Waals surface area contributed by atoms with Crippen molar-refractivity contribution in [3.63, 3.8) is 0 Å². The van der Waals surface area contributed by atoms with Crippen LogP contribution in [0.15, 0.2) is 0 Å². The number of carbonyl (C=O) groups excluding carboxylic acids is 2. The zero-order valence-corrected chi connectivity index (χ0v) is 8.20. The highest BCUT2D eigenvalue weighted by Crippen LogP contribution is 2.18. The van der Waals surface area contributed by atoms with Gasteiger partial charge in [0.2, 0.25) is 0 Å². The van der Waals surface area contributed by atoms with Crippen molar-refractivity contribution in [2.45, 2.75) is 38.2 Å². The van der Waals surface area contributed by atoms with Crippen LogP contribution in [0, 0.1) is 0 Å². The van der Waals surface area contributed by atoms with Crippen molar-refractivity contribution in [3.05, 3.63) is 0 Å². The van der Waals surface area contributed by atoms with Crippen LogP contribution in [0.2, 0.25) is 0 Å². The van der Waals surface area contributed by atoms with E-state index in [1.807, 2.05) is 4.90 Å². The summed E-state index contributed by atoms with van der Waals surface area (Å²) in [7, 11) is 0. The number of nitrogens with zero attached hydrogens (tertiary/aromatic N) is 1. The Morgan fingerprint density at radius 3 is 2.57 bits per heavy atom. The van der Waals surface area contributed by atoms with E-state index >= 15 is 0 Å². The van der Waals surface area contributed by atoms with Gasteiger partial charge in [-0.05, 0) is 19.3 Å². The lowest BCUT2D eigenvalue weighted by Crippen LogP contribution is -2.42. The van der Waals surface area contributed by atoms with Gasteiger partial charge in [0.1, 0.15) is 0 Å². The number of cyclic esters (lactones) is 1. The molecule has 2 aliphatic heterocycles. The van der Waals surface area contributed by atoms with Crippen LogP contribution in [-0.2, 0) is 14.3 Å². The molecule has 0 N–H and O–H groups in total. The van der Waals surface area contributed by atoms with Gasteiger partial charge in [-0.1, -0.05) is 0 Å². The van der Waals surface area contributed by atoms with Gasteiger partial charge in [-0.25, -0.2) is 0 Å². The van der Waals surface area contributed by atoms with E-state index in [-0.39, 0.29) is 11.9 Å². The summed E-state index contributed by atoms with van der Waals surface area (Å²) in [5.41, 5.74) is 0. The first-order valence-corrected chi connectivity index (χ1v) is 5.25. The summed E-state index contributed by atoms with van der Waals surface area (Å²) in [4.78, 5) is 24.5. The molecule has 0 unspecified atom stereocenters. The van der Waals surface area contributed by atoms with Crippen molar-refractivity contribution in [3.8, 4) is 0 Å². The largest absolute Gasteiger partial charge is 0.452 e. The molecule has 0 spiro atoms. The summed E-state index contributed by atoms with van der Waals surface area (Å²) in [5.74, 6) is -0.226. The Balaban J connectivity index is 1.90. The van der Waals surface area contributed by atoms with E-state index < -0.39 is 6.10 Å². The molecule has 2 saturated heterocycles. The maximum Gasteiger partial charge on any atom is 0.306 e. The van der Waals surface area contributed by atoms with Crippen LogP contribution in [-0.4, -0.2) is 36.0 Å². The molecule has 2 fully saturated rings. The second-order valence-electron chi connectivity index (χ2n) is 3.90. The predicted octanol–water partition coefficient (Wildman–Crippen LogP) is 0.704. The van der Waals surface area contributed by atoms with Crippen LogP contribution >= 0.6 is 0 Å². The quantitative estimate of drug-likeness (QED) is 0.581. The van der Waals surface area contributed by atoms with Crippen molar-refractivity contribution in [2.24, 2.45) is 0 Å². The average Bonchev–Trinajstić information content (AvgIpc) is 2.65. The molecule has 4 heteroatoms. The van der Waals surface area contributed by atoms with Crippen molar-refractivity contribution in [1.29, 1.82) is 0 Å². The van der Waals surface area contributed by atoms with Crippen molar-refractivity contribution < 1.29 is 14.3 Å². The van der Waals surface area contributed by atoms with E-state index in [1.54, 1.807) is 0 Å². The first-order chi connectivity index (χ1) is 6.77. The topological polar surface area (TPSA) is 46.6 Å². The van der Waals surface area contributed by atoms with E-state index in [4.69, 9.17) is 4.74 Å². The van der Waals surface area contributed by atoms with E-state index in [0.29, 0.717) is 12.8 Å². The molecular formula is C10H15NO3. The number of hydrogen-bond acceptors (Lipinski definition) is 3. The van der Waals surface area contributed by atoms with E-state index in [0.717, 1.165) is 25.9 Å². The molecule has 0 aromatic rings. The second-order valence-corrected chi connectivity index (χ2v) is 3.90. The zero-order valence-electron chi connectivity index (χ0n) is 8.20. The minimum absolute atomic E-state index is 0.00977. The standard InChI is InChI=1S/C10H15NO3/c12-9-5-4-8(14-9)10(13)11-6-2-1-3-7-11/h8H,1-7H2/t8-/m1/s1. The highest BCUT2D eigenvalue weighted by atomic mass is 16.6. The normalized spacial score (nSPS) is 27.6. The number of likely N-dealkylation sites (tertiary alicyclic amines) is 1. The Kier molecular flexibility index (Phi) is 2.70. The fraction of sp³-hybridized carbons (Fsp3) is 0.800. The van der Waals surface area contributed by atoms with Crippen LogP contribution in [0.25, 0.3) is 0 Å². The van der Waals surface area contributed by atoms with Gasteiger partial charge in [0, 0.05) is 25.9 Å². The molecule has 0 aromatic carbocycles. The lowest BCUT2D eigenvalue weighted by molar-refractivity contribution is -0.153. The molecule has 2 rings (SSSR count). The SMILES string of the molecule is O=C1CC[C@H](C(=O)N2CCCCC2)O1. The van der Waals surface area contributed by atoms with Crippen LogP contribution in [0.5, 0.6) is 0 Å². The van der Waals surface area contributed by atoms with Gasteiger partial charge in [-0.2, -0.15) is 0 Å². The van der Waals surface area contributed by atoms with Crippen LogP contribution in [0.4, 0.5) is 0 Å². The molecule has 4 nitrogen and oxygen atoms in total. The van der Waals surface area contributed by atoms with Gasteiger partial charge in [-0.15, -0.1) is 0 Å². The minimum atomic E-state index is -0.486. The third kappa shape index (κ3) is 1.89. The lowest BCUT2D eigenvalue weighted by Gasteiger charge is -2.28. The number of carbonyl (C=O) groups is 2. The first kappa shape index (κ1) is 9.49. The Morgan fingerprint density at radius 2 is 2.00 bits per heavy atom. The number of esters is 1. The minimum Gasteiger partial charge on any atom is -0.452 e. The third-order valence-corrected chi connectivity index (χ3v) is 2.83. The van der Waals surface area contributed by atoms with E-state index in [1.165, 1.54) is 6.42 Å². The zero-order chi connectivity index (χ0) is 9.97. The fourth-order valence-electron chi connectivity index (χ4n) is 2.02. The van der Waals surface area contributed by atoms with Crippen molar-refractivity contribution in [2.75, 3.05) is 13.1 Å². The van der Waals surface area contributed by atoms with Gasteiger partial charge < -0.3 is 9.64 Å². The number of hydrogen-bond donors (Lipinski definition) is 0. The van der Waals surface area contributed by atoms with Gasteiger partial charge in [0.25, 0.3) is 5.91 Å². The lowest BCUT2D eigenvalue weighted by atomic mass is 10.1. The first-order valence-electron chi connectivity index (χ1n) is 5.25. The Labute approximate surface area is 83.2 Å². The van der Waals surface area contributed by atoms with Gasteiger partial charge in [0.15, 0.2) is 6.10 Å². The molecule has 78 valence electrons. The monoisotopic (exact) mass is 197 g/mol. The molecular weight excluding hydrogens is 182 g/mol. The summed E-state index contributed by atoms with van der Waals surface area (Å²) in [6, 6.07) is 0. The second kappa shape index (κ2) is 3.98. The van der Waals surface area contributed by atoms with E-state index in [2.05, 4.69) is 0 Å². The fourth-order valence-corrected chi connectivity index (χ4v) is 2.02. The molecule has 0 aromatic heterocycles. The van der Waals surface area contributed by atoms with Gasteiger partial charge in [0.05, 0.1) is 0 Å². The van der Waals surface area contributed by atoms with Gasteiger partial charge in [-0.3, -0.25) is 9.59 Å². The van der Waals surface area contributed by atoms with Crippen molar-refractivity contribution in [1.82, 2.24) is 4.90 Å².